The fourth-order valence-corrected chi connectivity index (χ4v) is 3.14. The van der Waals surface area contributed by atoms with Crippen molar-refractivity contribution in [2.45, 2.75) is 45.1 Å². The molecule has 22 heavy (non-hydrogen) atoms. The number of carbonyl (C=O) groups is 1. The van der Waals surface area contributed by atoms with Crippen LogP contribution in [-0.4, -0.2) is 23.5 Å². The van der Waals surface area contributed by atoms with Gasteiger partial charge in [-0.3, -0.25) is 4.79 Å². The van der Waals surface area contributed by atoms with E-state index < -0.39 is 0 Å². The van der Waals surface area contributed by atoms with Gasteiger partial charge < -0.3 is 15.5 Å². The van der Waals surface area contributed by atoms with E-state index in [0.29, 0.717) is 18.9 Å². The Kier molecular flexibility index (Phi) is 4.43. The monoisotopic (exact) mass is 301 g/mol. The number of hydrogen-bond donors (Lipinski definition) is 2. The molecule has 118 valence electrons. The molecule has 0 radical (unpaired) electrons. The van der Waals surface area contributed by atoms with E-state index in [1.54, 1.807) is 0 Å². The van der Waals surface area contributed by atoms with Crippen LogP contribution >= 0.6 is 0 Å². The van der Waals surface area contributed by atoms with Crippen molar-refractivity contribution in [3.8, 4) is 0 Å². The van der Waals surface area contributed by atoms with Gasteiger partial charge in [-0.05, 0) is 37.8 Å². The lowest BCUT2D eigenvalue weighted by Gasteiger charge is -2.25. The van der Waals surface area contributed by atoms with Gasteiger partial charge in [-0.15, -0.1) is 0 Å². The van der Waals surface area contributed by atoms with Crippen LogP contribution in [-0.2, 0) is 11.2 Å². The molecule has 2 aromatic rings. The molecule has 0 aliphatic heterocycles. The molecule has 2 atom stereocenters. The molecule has 1 aliphatic carbocycles. The second-order valence-electron chi connectivity index (χ2n) is 6.19. The van der Waals surface area contributed by atoms with Crippen LogP contribution in [0.2, 0.25) is 0 Å². The summed E-state index contributed by atoms with van der Waals surface area (Å²) in [7, 11) is 0. The van der Waals surface area contributed by atoms with Gasteiger partial charge in [0.2, 0.25) is 5.91 Å². The third-order valence-corrected chi connectivity index (χ3v) is 4.39. The van der Waals surface area contributed by atoms with Crippen LogP contribution in [0.1, 0.15) is 37.1 Å². The highest BCUT2D eigenvalue weighted by Gasteiger charge is 2.24. The molecule has 0 bridgehead atoms. The quantitative estimate of drug-likeness (QED) is 0.908. The average molecular weight is 301 g/mol. The number of para-hydroxylation sites is 1. The maximum Gasteiger partial charge on any atom is 0.223 e. The van der Waals surface area contributed by atoms with Crippen molar-refractivity contribution in [2.75, 3.05) is 6.54 Å². The first kappa shape index (κ1) is 15.0. The molecule has 5 nitrogen and oxygen atoms in total. The van der Waals surface area contributed by atoms with E-state index in [1.165, 1.54) is 0 Å². The van der Waals surface area contributed by atoms with E-state index in [2.05, 4.69) is 10.3 Å². The Labute approximate surface area is 130 Å². The minimum absolute atomic E-state index is 0.0645. The number of fused-ring (bicyclic) bond motifs is 1. The Hall–Kier alpha value is -1.88. The molecule has 1 heterocycles. The molecule has 5 heteroatoms. The Balaban J connectivity index is 1.53. The number of aromatic nitrogens is 1. The lowest BCUT2D eigenvalue weighted by molar-refractivity contribution is -0.126. The fraction of sp³-hybridized carbons (Fsp3) is 0.529. The fourth-order valence-electron chi connectivity index (χ4n) is 3.14. The Morgan fingerprint density at radius 2 is 2.32 bits per heavy atom. The number of aryl methyl sites for hydroxylation is 1. The summed E-state index contributed by atoms with van der Waals surface area (Å²) in [6, 6.07) is 6.06. The Bertz CT molecular complexity index is 665. The van der Waals surface area contributed by atoms with Gasteiger partial charge in [0.25, 0.3) is 0 Å². The SMILES string of the molecule is Cc1cccc2oc(CCNC(=O)C3CCCC(N)C3)nc12. The highest BCUT2D eigenvalue weighted by atomic mass is 16.3. The second-order valence-corrected chi connectivity index (χ2v) is 6.19. The van der Waals surface area contributed by atoms with E-state index >= 15 is 0 Å². The van der Waals surface area contributed by atoms with Crippen LogP contribution in [0.15, 0.2) is 22.6 Å². The number of rotatable bonds is 4. The zero-order chi connectivity index (χ0) is 15.5. The second kappa shape index (κ2) is 6.48. The highest BCUT2D eigenvalue weighted by Crippen LogP contribution is 2.23. The molecule has 1 fully saturated rings. The van der Waals surface area contributed by atoms with Crippen molar-refractivity contribution >= 4 is 17.0 Å². The van der Waals surface area contributed by atoms with E-state index in [0.717, 1.165) is 42.3 Å². The van der Waals surface area contributed by atoms with Crippen molar-refractivity contribution in [1.82, 2.24) is 10.3 Å². The zero-order valence-electron chi connectivity index (χ0n) is 13.0. The molecule has 3 N–H and O–H groups in total. The van der Waals surface area contributed by atoms with Crippen LogP contribution in [0.5, 0.6) is 0 Å². The molecule has 1 saturated carbocycles. The van der Waals surface area contributed by atoms with Crippen molar-refractivity contribution in [2.24, 2.45) is 11.7 Å². The minimum atomic E-state index is 0.0645. The van der Waals surface area contributed by atoms with Gasteiger partial charge in [-0.1, -0.05) is 18.6 Å². The molecule has 1 amide bonds. The first-order chi connectivity index (χ1) is 10.6. The van der Waals surface area contributed by atoms with Crippen molar-refractivity contribution in [1.29, 1.82) is 0 Å². The average Bonchev–Trinajstić information content (AvgIpc) is 2.91. The summed E-state index contributed by atoms with van der Waals surface area (Å²) in [6.45, 7) is 2.57. The summed E-state index contributed by atoms with van der Waals surface area (Å²) in [5.41, 5.74) is 8.75. The van der Waals surface area contributed by atoms with Crippen molar-refractivity contribution < 1.29 is 9.21 Å². The van der Waals surface area contributed by atoms with Crippen LogP contribution < -0.4 is 11.1 Å². The summed E-state index contributed by atoms with van der Waals surface area (Å²) >= 11 is 0. The van der Waals surface area contributed by atoms with Gasteiger partial charge in [-0.25, -0.2) is 4.98 Å². The molecule has 1 aromatic carbocycles. The largest absolute Gasteiger partial charge is 0.441 e. The number of nitrogens with zero attached hydrogens (tertiary/aromatic N) is 1. The zero-order valence-corrected chi connectivity index (χ0v) is 13.0. The number of nitrogens with two attached hydrogens (primary N) is 1. The van der Waals surface area contributed by atoms with Gasteiger partial charge in [0.15, 0.2) is 11.5 Å². The van der Waals surface area contributed by atoms with Crippen molar-refractivity contribution in [3.05, 3.63) is 29.7 Å². The lowest BCUT2D eigenvalue weighted by Crippen LogP contribution is -2.38. The third kappa shape index (κ3) is 3.30. The Morgan fingerprint density at radius 3 is 3.09 bits per heavy atom. The number of oxazole rings is 1. The normalized spacial score (nSPS) is 21.9. The molecule has 0 spiro atoms. The Morgan fingerprint density at radius 1 is 1.45 bits per heavy atom. The lowest BCUT2D eigenvalue weighted by atomic mass is 9.85. The highest BCUT2D eigenvalue weighted by molar-refractivity contribution is 5.79. The molecular formula is C17H23N3O2. The summed E-state index contributed by atoms with van der Waals surface area (Å²) in [6.07, 6.45) is 4.43. The van der Waals surface area contributed by atoms with Crippen LogP contribution in [0.4, 0.5) is 0 Å². The molecule has 3 rings (SSSR count). The van der Waals surface area contributed by atoms with Gasteiger partial charge in [0.05, 0.1) is 0 Å². The van der Waals surface area contributed by atoms with Crippen LogP contribution in [0.3, 0.4) is 0 Å². The number of benzene rings is 1. The van der Waals surface area contributed by atoms with E-state index in [1.807, 2.05) is 25.1 Å². The topological polar surface area (TPSA) is 81.2 Å². The molecular weight excluding hydrogens is 278 g/mol. The summed E-state index contributed by atoms with van der Waals surface area (Å²) in [5.74, 6) is 0.849. The molecule has 1 aliphatic rings. The van der Waals surface area contributed by atoms with Gasteiger partial charge in [-0.2, -0.15) is 0 Å². The molecule has 1 aromatic heterocycles. The first-order valence-corrected chi connectivity index (χ1v) is 8.02. The van der Waals surface area contributed by atoms with Crippen LogP contribution in [0, 0.1) is 12.8 Å². The van der Waals surface area contributed by atoms with Gasteiger partial charge in [0, 0.05) is 24.9 Å². The first-order valence-electron chi connectivity index (χ1n) is 8.02. The molecule has 2 unspecified atom stereocenters. The van der Waals surface area contributed by atoms with E-state index in [-0.39, 0.29) is 17.9 Å². The standard InChI is InChI=1S/C17H23N3O2/c1-11-4-2-7-14-16(11)20-15(22-14)8-9-19-17(21)12-5-3-6-13(18)10-12/h2,4,7,12-13H,3,5-6,8-10,18H2,1H3,(H,19,21). The number of amides is 1. The van der Waals surface area contributed by atoms with E-state index in [4.69, 9.17) is 10.2 Å². The van der Waals surface area contributed by atoms with Gasteiger partial charge in [0.1, 0.15) is 5.52 Å². The van der Waals surface area contributed by atoms with Gasteiger partial charge >= 0.3 is 0 Å². The predicted molar refractivity (Wildman–Crippen MR) is 85.4 cm³/mol. The van der Waals surface area contributed by atoms with Crippen LogP contribution in [0.25, 0.3) is 11.1 Å². The summed E-state index contributed by atoms with van der Waals surface area (Å²) in [5, 5.41) is 2.99. The number of hydrogen-bond acceptors (Lipinski definition) is 4. The maximum absolute atomic E-state index is 12.1. The third-order valence-electron chi connectivity index (χ3n) is 4.39. The van der Waals surface area contributed by atoms with E-state index in [9.17, 15) is 4.79 Å². The predicted octanol–water partition coefficient (Wildman–Crippen LogP) is 2.31. The molecule has 0 saturated heterocycles. The minimum Gasteiger partial charge on any atom is -0.441 e. The number of carbonyl (C=O) groups excluding carboxylic acids is 1. The smallest absolute Gasteiger partial charge is 0.223 e. The summed E-state index contributed by atoms with van der Waals surface area (Å²) in [4.78, 5) is 16.6. The summed E-state index contributed by atoms with van der Waals surface area (Å²) < 4.78 is 5.71. The van der Waals surface area contributed by atoms with Crippen molar-refractivity contribution in [3.63, 3.8) is 0 Å². The maximum atomic E-state index is 12.1. The number of nitrogens with one attached hydrogen (secondary N) is 1.